The number of fused-ring (bicyclic) bond motifs is 1. The standard InChI is InChI=1S/C21H26ClN5/c1-14-16(20(22)26(4)25-14)12-23-18-10-21(2,3)11-19-17(18)13-24-27(19)15-8-6-5-7-9-15/h5-9,13,18,23H,10-12H2,1-4H3. The summed E-state index contributed by atoms with van der Waals surface area (Å²) in [6.07, 6.45) is 4.10. The third-order valence-corrected chi connectivity index (χ3v) is 5.95. The first-order chi connectivity index (χ1) is 12.9. The molecule has 27 heavy (non-hydrogen) atoms. The summed E-state index contributed by atoms with van der Waals surface area (Å²) in [5.74, 6) is 0. The molecule has 1 N–H and O–H groups in total. The molecule has 0 saturated carbocycles. The average Bonchev–Trinajstić information content (AvgIpc) is 3.14. The molecule has 2 heterocycles. The molecule has 3 aromatic rings. The largest absolute Gasteiger partial charge is 0.306 e. The van der Waals surface area contributed by atoms with Crippen molar-refractivity contribution in [2.75, 3.05) is 0 Å². The molecule has 0 fully saturated rings. The Bertz CT molecular complexity index is 955. The van der Waals surface area contributed by atoms with Crippen molar-refractivity contribution in [2.24, 2.45) is 12.5 Å². The van der Waals surface area contributed by atoms with Crippen LogP contribution in [0.15, 0.2) is 36.5 Å². The second-order valence-electron chi connectivity index (χ2n) is 8.25. The van der Waals surface area contributed by atoms with Gasteiger partial charge in [0.05, 0.1) is 17.6 Å². The number of hydrogen-bond acceptors (Lipinski definition) is 3. The molecule has 2 aromatic heterocycles. The molecule has 1 aromatic carbocycles. The molecule has 0 aliphatic heterocycles. The minimum Gasteiger partial charge on any atom is -0.306 e. The quantitative estimate of drug-likeness (QED) is 0.727. The van der Waals surface area contributed by atoms with Crippen LogP contribution in [-0.2, 0) is 20.0 Å². The van der Waals surface area contributed by atoms with Crippen molar-refractivity contribution in [1.82, 2.24) is 24.9 Å². The predicted octanol–water partition coefficient (Wildman–Crippen LogP) is 4.37. The number of halogens is 1. The summed E-state index contributed by atoms with van der Waals surface area (Å²) in [5.41, 5.74) is 5.94. The van der Waals surface area contributed by atoms with Crippen molar-refractivity contribution >= 4 is 11.6 Å². The van der Waals surface area contributed by atoms with E-state index in [9.17, 15) is 0 Å². The van der Waals surface area contributed by atoms with Crippen LogP contribution in [0.1, 0.15) is 48.8 Å². The number of para-hydroxylation sites is 1. The summed E-state index contributed by atoms with van der Waals surface area (Å²) in [6, 6.07) is 10.6. The molecule has 5 nitrogen and oxygen atoms in total. The summed E-state index contributed by atoms with van der Waals surface area (Å²) in [4.78, 5) is 0. The van der Waals surface area contributed by atoms with Gasteiger partial charge < -0.3 is 5.32 Å². The summed E-state index contributed by atoms with van der Waals surface area (Å²) in [7, 11) is 1.88. The number of aryl methyl sites for hydroxylation is 2. The van der Waals surface area contributed by atoms with Crippen molar-refractivity contribution < 1.29 is 0 Å². The molecular weight excluding hydrogens is 358 g/mol. The van der Waals surface area contributed by atoms with Crippen LogP contribution < -0.4 is 5.32 Å². The van der Waals surface area contributed by atoms with Crippen LogP contribution >= 0.6 is 11.6 Å². The lowest BCUT2D eigenvalue weighted by atomic mass is 9.74. The summed E-state index contributed by atoms with van der Waals surface area (Å²) in [6.45, 7) is 7.37. The Morgan fingerprint density at radius 3 is 2.67 bits per heavy atom. The van der Waals surface area contributed by atoms with E-state index >= 15 is 0 Å². The van der Waals surface area contributed by atoms with Crippen molar-refractivity contribution in [3.63, 3.8) is 0 Å². The molecular formula is C21H26ClN5. The Morgan fingerprint density at radius 1 is 1.26 bits per heavy atom. The summed E-state index contributed by atoms with van der Waals surface area (Å²) >= 11 is 6.42. The lowest BCUT2D eigenvalue weighted by Gasteiger charge is -2.36. The van der Waals surface area contributed by atoms with Gasteiger partial charge in [0.25, 0.3) is 0 Å². The predicted molar refractivity (Wildman–Crippen MR) is 108 cm³/mol. The highest BCUT2D eigenvalue weighted by atomic mass is 35.5. The van der Waals surface area contributed by atoms with Gasteiger partial charge in [-0.1, -0.05) is 43.6 Å². The average molecular weight is 384 g/mol. The van der Waals surface area contributed by atoms with Gasteiger partial charge in [-0.15, -0.1) is 0 Å². The number of nitrogens with zero attached hydrogens (tertiary/aromatic N) is 4. The van der Waals surface area contributed by atoms with Gasteiger partial charge >= 0.3 is 0 Å². The fourth-order valence-corrected chi connectivity index (χ4v) is 4.36. The minimum atomic E-state index is 0.199. The molecule has 1 unspecified atom stereocenters. The number of hydrogen-bond donors (Lipinski definition) is 1. The molecule has 0 spiro atoms. The van der Waals surface area contributed by atoms with E-state index in [1.54, 1.807) is 4.68 Å². The number of benzene rings is 1. The number of aromatic nitrogens is 4. The Balaban J connectivity index is 1.65. The molecule has 0 saturated heterocycles. The fourth-order valence-electron chi connectivity index (χ4n) is 4.12. The van der Waals surface area contributed by atoms with Crippen molar-refractivity contribution in [3.05, 3.63) is 64.2 Å². The van der Waals surface area contributed by atoms with Gasteiger partial charge in [0, 0.05) is 36.5 Å². The van der Waals surface area contributed by atoms with Crippen LogP contribution in [-0.4, -0.2) is 19.6 Å². The van der Waals surface area contributed by atoms with E-state index in [-0.39, 0.29) is 11.5 Å². The van der Waals surface area contributed by atoms with Gasteiger partial charge in [0.15, 0.2) is 0 Å². The van der Waals surface area contributed by atoms with Crippen LogP contribution in [0.2, 0.25) is 5.15 Å². The van der Waals surface area contributed by atoms with E-state index in [4.69, 9.17) is 16.7 Å². The molecule has 1 aliphatic carbocycles. The van der Waals surface area contributed by atoms with Crippen LogP contribution in [0.4, 0.5) is 0 Å². The van der Waals surface area contributed by atoms with Crippen molar-refractivity contribution in [1.29, 1.82) is 0 Å². The van der Waals surface area contributed by atoms with Crippen LogP contribution in [0.3, 0.4) is 0 Å². The summed E-state index contributed by atoms with van der Waals surface area (Å²) in [5, 5.41) is 13.6. The Hall–Kier alpha value is -2.11. The second kappa shape index (κ2) is 6.80. The van der Waals surface area contributed by atoms with E-state index in [1.165, 1.54) is 11.3 Å². The Kier molecular flexibility index (Phi) is 4.60. The van der Waals surface area contributed by atoms with E-state index in [0.29, 0.717) is 11.7 Å². The lowest BCUT2D eigenvalue weighted by Crippen LogP contribution is -2.33. The summed E-state index contributed by atoms with van der Waals surface area (Å²) < 4.78 is 3.82. The maximum Gasteiger partial charge on any atom is 0.131 e. The van der Waals surface area contributed by atoms with Gasteiger partial charge in [-0.25, -0.2) is 4.68 Å². The van der Waals surface area contributed by atoms with Crippen molar-refractivity contribution in [2.45, 2.75) is 46.2 Å². The lowest BCUT2D eigenvalue weighted by molar-refractivity contribution is 0.252. The molecule has 0 radical (unpaired) electrons. The number of rotatable bonds is 4. The maximum atomic E-state index is 6.42. The third kappa shape index (κ3) is 3.42. The molecule has 0 amide bonds. The van der Waals surface area contributed by atoms with E-state index in [0.717, 1.165) is 29.8 Å². The molecule has 4 rings (SSSR count). The zero-order valence-electron chi connectivity index (χ0n) is 16.3. The monoisotopic (exact) mass is 383 g/mol. The molecule has 6 heteroatoms. The van der Waals surface area contributed by atoms with Gasteiger partial charge in [-0.2, -0.15) is 10.2 Å². The van der Waals surface area contributed by atoms with Gasteiger partial charge in [0.2, 0.25) is 0 Å². The first kappa shape index (κ1) is 18.3. The van der Waals surface area contributed by atoms with Crippen LogP contribution in [0.5, 0.6) is 0 Å². The zero-order chi connectivity index (χ0) is 19.2. The van der Waals surface area contributed by atoms with E-state index in [1.807, 2.05) is 26.2 Å². The molecule has 0 bridgehead atoms. The van der Waals surface area contributed by atoms with Crippen LogP contribution in [0, 0.1) is 12.3 Å². The first-order valence-electron chi connectivity index (χ1n) is 9.39. The molecule has 1 aliphatic rings. The SMILES string of the molecule is Cc1nn(C)c(Cl)c1CNC1CC(C)(C)Cc2c1cnn2-c1ccccc1. The fraction of sp³-hybridized carbons (Fsp3) is 0.429. The van der Waals surface area contributed by atoms with E-state index < -0.39 is 0 Å². The maximum absolute atomic E-state index is 6.42. The first-order valence-corrected chi connectivity index (χ1v) is 9.77. The smallest absolute Gasteiger partial charge is 0.131 e. The van der Waals surface area contributed by atoms with Gasteiger partial charge in [-0.3, -0.25) is 4.68 Å². The highest BCUT2D eigenvalue weighted by Gasteiger charge is 2.35. The molecule has 1 atom stereocenters. The van der Waals surface area contributed by atoms with Crippen LogP contribution in [0.25, 0.3) is 5.69 Å². The third-order valence-electron chi connectivity index (χ3n) is 5.48. The van der Waals surface area contributed by atoms with Gasteiger partial charge in [-0.05, 0) is 37.3 Å². The normalized spacial score (nSPS) is 18.5. The highest BCUT2D eigenvalue weighted by Crippen LogP contribution is 2.41. The molecule has 142 valence electrons. The second-order valence-corrected chi connectivity index (χ2v) is 8.61. The van der Waals surface area contributed by atoms with Gasteiger partial charge in [0.1, 0.15) is 5.15 Å². The minimum absolute atomic E-state index is 0.199. The van der Waals surface area contributed by atoms with Crippen molar-refractivity contribution in [3.8, 4) is 5.69 Å². The number of nitrogens with one attached hydrogen (secondary N) is 1. The Labute approximate surface area is 165 Å². The highest BCUT2D eigenvalue weighted by molar-refractivity contribution is 6.30. The Morgan fingerprint density at radius 2 is 2.00 bits per heavy atom. The topological polar surface area (TPSA) is 47.7 Å². The van der Waals surface area contributed by atoms with E-state index in [2.05, 4.69) is 53.2 Å². The zero-order valence-corrected chi connectivity index (χ0v) is 17.1.